The number of hydrogen-bond acceptors (Lipinski definition) is 4. The number of nitriles is 2. The van der Waals surface area contributed by atoms with E-state index >= 15 is 0 Å². The lowest BCUT2D eigenvalue weighted by Crippen LogP contribution is -2.25. The van der Waals surface area contributed by atoms with Crippen LogP contribution in [0.2, 0.25) is 0 Å². The van der Waals surface area contributed by atoms with Gasteiger partial charge in [0, 0.05) is 24.7 Å². The fourth-order valence-electron chi connectivity index (χ4n) is 2.16. The molecule has 4 nitrogen and oxygen atoms in total. The third-order valence-electron chi connectivity index (χ3n) is 3.06. The summed E-state index contributed by atoms with van der Waals surface area (Å²) in [4.78, 5) is 6.36. The van der Waals surface area contributed by atoms with Crippen LogP contribution in [0.4, 0.5) is 5.69 Å². The van der Waals surface area contributed by atoms with Crippen molar-refractivity contribution in [3.63, 3.8) is 0 Å². The molecule has 0 aliphatic heterocycles. The van der Waals surface area contributed by atoms with Crippen LogP contribution in [0.3, 0.4) is 0 Å². The van der Waals surface area contributed by atoms with Gasteiger partial charge in [-0.1, -0.05) is 18.2 Å². The summed E-state index contributed by atoms with van der Waals surface area (Å²) in [5, 5.41) is 19.0. The van der Waals surface area contributed by atoms with Crippen molar-refractivity contribution < 1.29 is 0 Å². The molecule has 0 N–H and O–H groups in total. The molecule has 1 aromatic heterocycles. The molecule has 1 heterocycles. The number of pyridine rings is 1. The van der Waals surface area contributed by atoms with E-state index in [0.29, 0.717) is 18.5 Å². The largest absolute Gasteiger partial charge is 0.369 e. The monoisotopic (exact) mass is 250 g/mol. The summed E-state index contributed by atoms with van der Waals surface area (Å²) in [6.07, 6.45) is 2.04. The first-order valence-electron chi connectivity index (χ1n) is 6.21. The lowest BCUT2D eigenvalue weighted by molar-refractivity contribution is 0.828. The van der Waals surface area contributed by atoms with Crippen molar-refractivity contribution in [2.75, 3.05) is 18.0 Å². The number of fused-ring (bicyclic) bond motifs is 1. The zero-order chi connectivity index (χ0) is 13.7. The fourth-order valence-corrected chi connectivity index (χ4v) is 2.16. The van der Waals surface area contributed by atoms with Gasteiger partial charge in [-0.25, -0.2) is 0 Å². The summed E-state index contributed by atoms with van der Waals surface area (Å²) in [7, 11) is 0. The number of para-hydroxylation sites is 1. The molecule has 1 aromatic carbocycles. The number of benzene rings is 1. The Morgan fingerprint density at radius 2 is 2.05 bits per heavy atom. The van der Waals surface area contributed by atoms with E-state index in [4.69, 9.17) is 5.26 Å². The molecule has 0 aliphatic carbocycles. The van der Waals surface area contributed by atoms with E-state index in [-0.39, 0.29) is 0 Å². The first-order valence-corrected chi connectivity index (χ1v) is 6.21. The summed E-state index contributed by atoms with van der Waals surface area (Å²) in [5.74, 6) is 0. The predicted molar refractivity (Wildman–Crippen MR) is 74.6 cm³/mol. The Kier molecular flexibility index (Phi) is 3.95. The Bertz CT molecular complexity index is 664. The molecule has 0 fully saturated rings. The maximum atomic E-state index is 9.27. The molecule has 2 rings (SSSR count). The van der Waals surface area contributed by atoms with Crippen molar-refractivity contribution in [1.29, 1.82) is 10.5 Å². The van der Waals surface area contributed by atoms with Gasteiger partial charge in [0.1, 0.15) is 6.07 Å². The molecule has 0 amide bonds. The Balaban J connectivity index is 2.61. The van der Waals surface area contributed by atoms with Gasteiger partial charge < -0.3 is 4.90 Å². The minimum atomic E-state index is 0.440. The lowest BCUT2D eigenvalue weighted by atomic mass is 10.1. The van der Waals surface area contributed by atoms with Gasteiger partial charge in [0.05, 0.1) is 29.3 Å². The van der Waals surface area contributed by atoms with Crippen molar-refractivity contribution in [2.45, 2.75) is 13.3 Å². The Labute approximate surface area is 112 Å². The zero-order valence-corrected chi connectivity index (χ0v) is 10.8. The van der Waals surface area contributed by atoms with Gasteiger partial charge in [-0.05, 0) is 13.0 Å². The molecule has 0 aliphatic rings. The topological polar surface area (TPSA) is 63.7 Å². The number of rotatable bonds is 4. The van der Waals surface area contributed by atoms with Crippen LogP contribution in [0, 0.1) is 22.7 Å². The molecule has 0 saturated heterocycles. The smallest absolute Gasteiger partial charge is 0.103 e. The maximum Gasteiger partial charge on any atom is 0.103 e. The van der Waals surface area contributed by atoms with Gasteiger partial charge in [-0.15, -0.1) is 0 Å². The van der Waals surface area contributed by atoms with Crippen molar-refractivity contribution in [2.24, 2.45) is 0 Å². The highest BCUT2D eigenvalue weighted by Crippen LogP contribution is 2.29. The van der Waals surface area contributed by atoms with E-state index in [2.05, 4.69) is 22.0 Å². The van der Waals surface area contributed by atoms with Crippen molar-refractivity contribution in [1.82, 2.24) is 4.98 Å². The van der Waals surface area contributed by atoms with Crippen LogP contribution >= 0.6 is 0 Å². The minimum Gasteiger partial charge on any atom is -0.369 e. The first-order chi connectivity index (χ1) is 9.31. The van der Waals surface area contributed by atoms with Crippen LogP contribution in [-0.4, -0.2) is 18.1 Å². The number of aromatic nitrogens is 1. The molecule has 0 radical (unpaired) electrons. The zero-order valence-electron chi connectivity index (χ0n) is 10.8. The molecular weight excluding hydrogens is 236 g/mol. The Morgan fingerprint density at radius 3 is 2.74 bits per heavy atom. The highest BCUT2D eigenvalue weighted by Gasteiger charge is 2.14. The van der Waals surface area contributed by atoms with Gasteiger partial charge in [-0.2, -0.15) is 10.5 Å². The summed E-state index contributed by atoms with van der Waals surface area (Å²) in [6.45, 7) is 3.40. The second kappa shape index (κ2) is 5.84. The minimum absolute atomic E-state index is 0.440. The van der Waals surface area contributed by atoms with E-state index < -0.39 is 0 Å². The van der Waals surface area contributed by atoms with Crippen molar-refractivity contribution in [3.8, 4) is 12.1 Å². The van der Waals surface area contributed by atoms with Crippen LogP contribution in [0.5, 0.6) is 0 Å². The number of anilines is 1. The summed E-state index contributed by atoms with van der Waals surface area (Å²) >= 11 is 0. The van der Waals surface area contributed by atoms with Crippen LogP contribution in [0.1, 0.15) is 18.9 Å². The number of nitrogens with zero attached hydrogens (tertiary/aromatic N) is 4. The SMILES string of the molecule is CCN(CCC#N)c1c(C#N)cnc2ccccc12. The van der Waals surface area contributed by atoms with Crippen LogP contribution < -0.4 is 4.90 Å². The van der Waals surface area contributed by atoms with Gasteiger partial charge >= 0.3 is 0 Å². The second-order valence-corrected chi connectivity index (χ2v) is 4.14. The molecule has 0 bridgehead atoms. The highest BCUT2D eigenvalue weighted by atomic mass is 15.1. The van der Waals surface area contributed by atoms with Crippen molar-refractivity contribution >= 4 is 16.6 Å². The maximum absolute atomic E-state index is 9.27. The quantitative estimate of drug-likeness (QED) is 0.837. The highest BCUT2D eigenvalue weighted by molar-refractivity contribution is 5.94. The van der Waals surface area contributed by atoms with Crippen LogP contribution in [0.25, 0.3) is 10.9 Å². The number of hydrogen-bond donors (Lipinski definition) is 0. The Morgan fingerprint density at radius 1 is 1.26 bits per heavy atom. The van der Waals surface area contributed by atoms with Crippen molar-refractivity contribution in [3.05, 3.63) is 36.0 Å². The van der Waals surface area contributed by atoms with Crippen LogP contribution in [0.15, 0.2) is 30.5 Å². The molecule has 0 atom stereocenters. The summed E-state index contributed by atoms with van der Waals surface area (Å²) < 4.78 is 0. The summed E-state index contributed by atoms with van der Waals surface area (Å²) in [5.41, 5.74) is 2.30. The van der Waals surface area contributed by atoms with E-state index in [9.17, 15) is 5.26 Å². The lowest BCUT2D eigenvalue weighted by Gasteiger charge is -2.24. The fraction of sp³-hybridized carbons (Fsp3) is 0.267. The molecule has 94 valence electrons. The molecule has 4 heteroatoms. The average molecular weight is 250 g/mol. The van der Waals surface area contributed by atoms with Gasteiger partial charge in [-0.3, -0.25) is 4.98 Å². The van der Waals surface area contributed by atoms with Crippen LogP contribution in [-0.2, 0) is 0 Å². The van der Waals surface area contributed by atoms with Gasteiger partial charge in [0.25, 0.3) is 0 Å². The Hall–Kier alpha value is -2.59. The molecular formula is C15H14N4. The van der Waals surface area contributed by atoms with E-state index in [1.807, 2.05) is 31.2 Å². The molecule has 0 saturated carbocycles. The van der Waals surface area contributed by atoms with E-state index in [0.717, 1.165) is 23.1 Å². The summed E-state index contributed by atoms with van der Waals surface area (Å²) in [6, 6.07) is 12.1. The molecule has 0 spiro atoms. The van der Waals surface area contributed by atoms with Gasteiger partial charge in [0.15, 0.2) is 0 Å². The average Bonchev–Trinajstić information content (AvgIpc) is 2.47. The normalized spacial score (nSPS) is 9.84. The van der Waals surface area contributed by atoms with E-state index in [1.165, 1.54) is 0 Å². The second-order valence-electron chi connectivity index (χ2n) is 4.14. The molecule has 2 aromatic rings. The third kappa shape index (κ3) is 2.48. The molecule has 0 unspecified atom stereocenters. The molecule has 19 heavy (non-hydrogen) atoms. The van der Waals surface area contributed by atoms with Gasteiger partial charge in [0.2, 0.25) is 0 Å². The predicted octanol–water partition coefficient (Wildman–Crippen LogP) is 2.85. The van der Waals surface area contributed by atoms with E-state index in [1.54, 1.807) is 6.20 Å². The standard InChI is InChI=1S/C15H14N4/c1-2-19(9-5-8-16)15-12(10-17)11-18-14-7-4-3-6-13(14)15/h3-4,6-7,11H,2,5,9H2,1H3. The third-order valence-corrected chi connectivity index (χ3v) is 3.06. The first kappa shape index (κ1) is 12.9.